The summed E-state index contributed by atoms with van der Waals surface area (Å²) < 4.78 is 9.58. The molecule has 0 unspecified atom stereocenters. The van der Waals surface area contributed by atoms with E-state index < -0.39 is 0 Å². The highest BCUT2D eigenvalue weighted by molar-refractivity contribution is 5.38. The average Bonchev–Trinajstić information content (AvgIpc) is 3.36. The van der Waals surface area contributed by atoms with E-state index in [0.29, 0.717) is 12.5 Å². The molecule has 7 heteroatoms. The highest BCUT2D eigenvalue weighted by atomic mass is 16.5. The minimum Gasteiger partial charge on any atom is -0.373 e. The number of benzene rings is 1. The second-order valence-corrected chi connectivity index (χ2v) is 6.86. The number of aromatic nitrogens is 5. The highest BCUT2D eigenvalue weighted by Crippen LogP contribution is 2.33. The summed E-state index contributed by atoms with van der Waals surface area (Å²) in [6.45, 7) is 4.46. The van der Waals surface area contributed by atoms with Crippen molar-refractivity contribution in [3.63, 3.8) is 0 Å². The van der Waals surface area contributed by atoms with E-state index in [1.165, 1.54) is 5.56 Å². The fraction of sp³-hybridized carbons (Fsp3) is 0.421. The molecule has 4 rings (SSSR count). The summed E-state index contributed by atoms with van der Waals surface area (Å²) in [4.78, 5) is 0. The van der Waals surface area contributed by atoms with Gasteiger partial charge in [0.2, 0.25) is 0 Å². The molecule has 3 aromatic rings. The Labute approximate surface area is 153 Å². The maximum Gasteiger partial charge on any atom is 0.0969 e. The first kappa shape index (κ1) is 16.9. The lowest BCUT2D eigenvalue weighted by atomic mass is 9.97. The molecule has 1 saturated heterocycles. The van der Waals surface area contributed by atoms with Crippen LogP contribution in [0.4, 0.5) is 0 Å². The Balaban J connectivity index is 1.34. The van der Waals surface area contributed by atoms with Gasteiger partial charge < -0.3 is 10.1 Å². The smallest absolute Gasteiger partial charge is 0.0969 e. The average molecular weight is 352 g/mol. The fourth-order valence-electron chi connectivity index (χ4n) is 3.50. The third-order valence-electron chi connectivity index (χ3n) is 4.88. The molecule has 0 bridgehead atoms. The molecule has 0 radical (unpaired) electrons. The summed E-state index contributed by atoms with van der Waals surface area (Å²) in [5.41, 5.74) is 4.33. The van der Waals surface area contributed by atoms with Gasteiger partial charge in [-0.3, -0.25) is 4.68 Å². The van der Waals surface area contributed by atoms with Gasteiger partial charge in [0.25, 0.3) is 0 Å². The highest BCUT2D eigenvalue weighted by Gasteiger charge is 2.30. The van der Waals surface area contributed by atoms with Gasteiger partial charge in [0, 0.05) is 44.4 Å². The molecule has 1 aliphatic heterocycles. The van der Waals surface area contributed by atoms with Crippen LogP contribution in [0.3, 0.4) is 0 Å². The minimum atomic E-state index is 0.124. The number of hydrogen-bond acceptors (Lipinski definition) is 5. The Bertz CT molecular complexity index is 870. The van der Waals surface area contributed by atoms with Crippen LogP contribution in [-0.2, 0) is 18.3 Å². The summed E-state index contributed by atoms with van der Waals surface area (Å²) in [5.74, 6) is 0.450. The van der Waals surface area contributed by atoms with Crippen LogP contribution in [0.15, 0.2) is 42.9 Å². The summed E-state index contributed by atoms with van der Waals surface area (Å²) in [5, 5.41) is 16.3. The number of aryl methyl sites for hydroxylation is 2. The van der Waals surface area contributed by atoms with Crippen LogP contribution in [0.25, 0.3) is 5.69 Å². The predicted octanol–water partition coefficient (Wildman–Crippen LogP) is 2.18. The first-order valence-corrected chi connectivity index (χ1v) is 8.99. The Morgan fingerprint density at radius 2 is 2.15 bits per heavy atom. The molecule has 1 aliphatic rings. The Morgan fingerprint density at radius 1 is 1.27 bits per heavy atom. The van der Waals surface area contributed by atoms with Crippen molar-refractivity contribution in [1.29, 1.82) is 0 Å². The molecular formula is C19H24N6O. The van der Waals surface area contributed by atoms with Gasteiger partial charge in [0.1, 0.15) is 0 Å². The zero-order chi connectivity index (χ0) is 17.9. The van der Waals surface area contributed by atoms with Crippen LogP contribution in [0.2, 0.25) is 0 Å². The van der Waals surface area contributed by atoms with Crippen molar-refractivity contribution >= 4 is 0 Å². The third kappa shape index (κ3) is 3.54. The molecule has 1 aromatic carbocycles. The van der Waals surface area contributed by atoms with Gasteiger partial charge in [-0.25, -0.2) is 4.68 Å². The quantitative estimate of drug-likeness (QED) is 0.736. The monoisotopic (exact) mass is 352 g/mol. The van der Waals surface area contributed by atoms with E-state index in [0.717, 1.165) is 36.5 Å². The molecule has 0 aliphatic carbocycles. The van der Waals surface area contributed by atoms with Gasteiger partial charge in [-0.1, -0.05) is 23.4 Å². The van der Waals surface area contributed by atoms with Crippen molar-refractivity contribution in [3.05, 3.63) is 59.7 Å². The summed E-state index contributed by atoms with van der Waals surface area (Å²) in [6, 6.07) is 8.17. The molecule has 3 heterocycles. The van der Waals surface area contributed by atoms with Gasteiger partial charge in [-0.05, 0) is 25.0 Å². The Kier molecular flexibility index (Phi) is 4.81. The summed E-state index contributed by atoms with van der Waals surface area (Å²) >= 11 is 0. The van der Waals surface area contributed by atoms with Crippen molar-refractivity contribution in [1.82, 2.24) is 30.1 Å². The Hall–Kier alpha value is -2.51. The van der Waals surface area contributed by atoms with Crippen molar-refractivity contribution < 1.29 is 4.74 Å². The largest absolute Gasteiger partial charge is 0.373 e. The van der Waals surface area contributed by atoms with Gasteiger partial charge in [-0.15, -0.1) is 5.10 Å². The van der Waals surface area contributed by atoms with Crippen LogP contribution in [0, 0.1) is 12.8 Å². The van der Waals surface area contributed by atoms with E-state index >= 15 is 0 Å². The molecule has 2 atom stereocenters. The SMILES string of the molecule is Cc1ccccc1-n1cc(CNC[C@@H]2CCO[C@H]2c2cnn(C)c2)nn1. The molecule has 0 spiro atoms. The van der Waals surface area contributed by atoms with E-state index in [2.05, 4.69) is 39.8 Å². The second-order valence-electron chi connectivity index (χ2n) is 6.86. The van der Waals surface area contributed by atoms with Crippen molar-refractivity contribution in [2.45, 2.75) is 26.0 Å². The number of rotatable bonds is 6. The van der Waals surface area contributed by atoms with Gasteiger partial charge in [-0.2, -0.15) is 5.10 Å². The lowest BCUT2D eigenvalue weighted by Gasteiger charge is -2.17. The van der Waals surface area contributed by atoms with Crippen LogP contribution in [0.1, 0.15) is 29.3 Å². The van der Waals surface area contributed by atoms with Crippen LogP contribution >= 0.6 is 0 Å². The predicted molar refractivity (Wildman–Crippen MR) is 97.8 cm³/mol. The van der Waals surface area contributed by atoms with Crippen LogP contribution in [0.5, 0.6) is 0 Å². The van der Waals surface area contributed by atoms with E-state index in [1.807, 2.05) is 47.1 Å². The molecule has 136 valence electrons. The molecule has 26 heavy (non-hydrogen) atoms. The minimum absolute atomic E-state index is 0.124. The van der Waals surface area contributed by atoms with Crippen molar-refractivity contribution in [3.8, 4) is 5.69 Å². The summed E-state index contributed by atoms with van der Waals surface area (Å²) in [6.07, 6.45) is 7.11. The second kappa shape index (κ2) is 7.39. The topological polar surface area (TPSA) is 69.8 Å². The third-order valence-corrected chi connectivity index (χ3v) is 4.88. The van der Waals surface area contributed by atoms with Crippen LogP contribution < -0.4 is 5.32 Å². The molecule has 0 saturated carbocycles. The maximum atomic E-state index is 5.92. The van der Waals surface area contributed by atoms with Crippen LogP contribution in [-0.4, -0.2) is 37.9 Å². The molecule has 0 amide bonds. The molecular weight excluding hydrogens is 328 g/mol. The lowest BCUT2D eigenvalue weighted by molar-refractivity contribution is 0.0904. The van der Waals surface area contributed by atoms with Gasteiger partial charge >= 0.3 is 0 Å². The van der Waals surface area contributed by atoms with E-state index in [-0.39, 0.29) is 6.10 Å². The van der Waals surface area contributed by atoms with E-state index in [1.54, 1.807) is 0 Å². The number of hydrogen-bond donors (Lipinski definition) is 1. The fourth-order valence-corrected chi connectivity index (χ4v) is 3.50. The summed E-state index contributed by atoms with van der Waals surface area (Å²) in [7, 11) is 1.93. The van der Waals surface area contributed by atoms with Crippen molar-refractivity contribution in [2.24, 2.45) is 13.0 Å². The zero-order valence-corrected chi connectivity index (χ0v) is 15.2. The standard InChI is InChI=1S/C19H24N6O/c1-14-5-3-4-6-18(14)25-13-17(22-23-25)11-20-9-15-7-8-26-19(15)16-10-21-24(2)12-16/h3-6,10,12-13,15,19-20H,7-9,11H2,1-2H3/t15-,19+/m0/s1. The van der Waals surface area contributed by atoms with Crippen molar-refractivity contribution in [2.75, 3.05) is 13.2 Å². The number of nitrogens with zero attached hydrogens (tertiary/aromatic N) is 5. The van der Waals surface area contributed by atoms with Gasteiger partial charge in [0.15, 0.2) is 0 Å². The molecule has 1 N–H and O–H groups in total. The molecule has 7 nitrogen and oxygen atoms in total. The van der Waals surface area contributed by atoms with E-state index in [9.17, 15) is 0 Å². The van der Waals surface area contributed by atoms with Gasteiger partial charge in [0.05, 0.1) is 29.9 Å². The van der Waals surface area contributed by atoms with E-state index in [4.69, 9.17) is 4.74 Å². The zero-order valence-electron chi connectivity index (χ0n) is 15.2. The lowest BCUT2D eigenvalue weighted by Crippen LogP contribution is -2.24. The molecule has 1 fully saturated rings. The number of ether oxygens (including phenoxy) is 1. The normalized spacial score (nSPS) is 19.9. The molecule has 2 aromatic heterocycles. The number of para-hydroxylation sites is 1. The first-order valence-electron chi connectivity index (χ1n) is 8.99. The maximum absolute atomic E-state index is 5.92. The first-order chi connectivity index (χ1) is 12.7. The Morgan fingerprint density at radius 3 is 2.96 bits per heavy atom. The number of nitrogens with one attached hydrogen (secondary N) is 1.